The van der Waals surface area contributed by atoms with Crippen molar-refractivity contribution < 1.29 is 9.13 Å². The average molecular weight is 203 g/mol. The molecule has 0 aliphatic heterocycles. The predicted molar refractivity (Wildman–Crippen MR) is 54.2 cm³/mol. The van der Waals surface area contributed by atoms with E-state index < -0.39 is 5.82 Å². The first-order chi connectivity index (χ1) is 7.27. The van der Waals surface area contributed by atoms with E-state index in [0.29, 0.717) is 19.6 Å². The van der Waals surface area contributed by atoms with Crippen molar-refractivity contribution in [1.82, 2.24) is 0 Å². The molecule has 0 N–H and O–H groups in total. The second-order valence-corrected chi connectivity index (χ2v) is 2.93. The molecule has 0 heterocycles. The normalized spacial score (nSPS) is 9.27. The van der Waals surface area contributed by atoms with E-state index in [0.717, 1.165) is 5.56 Å². The second-order valence-electron chi connectivity index (χ2n) is 2.93. The monoisotopic (exact) mass is 203 g/mol. The van der Waals surface area contributed by atoms with Crippen LogP contribution >= 0.6 is 0 Å². The smallest absolute Gasteiger partial charge is 0.140 e. The number of hydrogen-bond donors (Lipinski definition) is 0. The van der Waals surface area contributed by atoms with Crippen molar-refractivity contribution in [2.75, 3.05) is 6.61 Å². The predicted octanol–water partition coefficient (Wildman–Crippen LogP) is 2.24. The molecule has 2 nitrogen and oxygen atoms in total. The highest BCUT2D eigenvalue weighted by molar-refractivity contribution is 5.34. The zero-order valence-corrected chi connectivity index (χ0v) is 8.16. The summed E-state index contributed by atoms with van der Waals surface area (Å²) in [6, 6.07) is 6.10. The second kappa shape index (κ2) is 5.80. The third-order valence-electron chi connectivity index (χ3n) is 1.81. The lowest BCUT2D eigenvalue weighted by molar-refractivity contribution is 0.126. The molecular formula is C12H10FNO. The van der Waals surface area contributed by atoms with Crippen molar-refractivity contribution in [2.24, 2.45) is 0 Å². The van der Waals surface area contributed by atoms with Gasteiger partial charge >= 0.3 is 0 Å². The summed E-state index contributed by atoms with van der Waals surface area (Å²) in [5.74, 6) is 1.94. The van der Waals surface area contributed by atoms with E-state index in [9.17, 15) is 4.39 Å². The molecular weight excluding hydrogens is 193 g/mol. The molecule has 0 aliphatic rings. The van der Waals surface area contributed by atoms with Crippen LogP contribution in [0.4, 0.5) is 4.39 Å². The summed E-state index contributed by atoms with van der Waals surface area (Å²) in [7, 11) is 0. The Morgan fingerprint density at radius 3 is 2.93 bits per heavy atom. The number of nitrogens with zero attached hydrogens (tertiary/aromatic N) is 1. The van der Waals surface area contributed by atoms with E-state index in [1.54, 1.807) is 12.1 Å². The van der Waals surface area contributed by atoms with Crippen LogP contribution in [0, 0.1) is 29.5 Å². The fraction of sp³-hybridized carbons (Fsp3) is 0.250. The van der Waals surface area contributed by atoms with Crippen molar-refractivity contribution in [2.45, 2.75) is 13.0 Å². The maximum absolute atomic E-state index is 12.9. The minimum atomic E-state index is -0.509. The maximum atomic E-state index is 12.9. The van der Waals surface area contributed by atoms with Gasteiger partial charge in [-0.3, -0.25) is 0 Å². The Labute approximate surface area is 88.3 Å². The molecule has 76 valence electrons. The first-order valence-corrected chi connectivity index (χ1v) is 4.47. The highest BCUT2D eigenvalue weighted by atomic mass is 19.1. The Hall–Kier alpha value is -1.84. The third-order valence-corrected chi connectivity index (χ3v) is 1.81. The quantitative estimate of drug-likeness (QED) is 0.555. The van der Waals surface area contributed by atoms with Gasteiger partial charge in [0.1, 0.15) is 11.9 Å². The molecule has 0 amide bonds. The molecule has 0 radical (unpaired) electrons. The van der Waals surface area contributed by atoms with Gasteiger partial charge in [-0.25, -0.2) is 4.39 Å². The lowest BCUT2D eigenvalue weighted by Gasteiger charge is -2.03. The van der Waals surface area contributed by atoms with Gasteiger partial charge in [-0.2, -0.15) is 5.26 Å². The Kier molecular flexibility index (Phi) is 4.34. The summed E-state index contributed by atoms with van der Waals surface area (Å²) in [5.41, 5.74) is 0.804. The van der Waals surface area contributed by atoms with Crippen LogP contribution in [0.15, 0.2) is 18.2 Å². The number of terminal acetylenes is 1. The van der Waals surface area contributed by atoms with Crippen molar-refractivity contribution >= 4 is 0 Å². The molecule has 1 rings (SSSR count). The van der Waals surface area contributed by atoms with Crippen LogP contribution in [-0.2, 0) is 11.3 Å². The van der Waals surface area contributed by atoms with E-state index in [1.807, 2.05) is 0 Å². The van der Waals surface area contributed by atoms with Gasteiger partial charge in [0.25, 0.3) is 0 Å². The van der Waals surface area contributed by atoms with Gasteiger partial charge in [0.2, 0.25) is 0 Å². The number of nitriles is 1. The van der Waals surface area contributed by atoms with Crippen LogP contribution in [0.3, 0.4) is 0 Å². The minimum absolute atomic E-state index is 0.0352. The SMILES string of the molecule is C#CCCOCc1ccc(F)c(C#N)c1. The molecule has 0 unspecified atom stereocenters. The highest BCUT2D eigenvalue weighted by Gasteiger charge is 2.02. The number of hydrogen-bond acceptors (Lipinski definition) is 2. The number of benzene rings is 1. The standard InChI is InChI=1S/C12H10FNO/c1-2-3-6-15-9-10-4-5-12(13)11(7-10)8-14/h1,4-5,7H,3,6,9H2. The summed E-state index contributed by atoms with van der Waals surface area (Å²) in [6.45, 7) is 0.812. The molecule has 1 aromatic carbocycles. The minimum Gasteiger partial charge on any atom is -0.376 e. The van der Waals surface area contributed by atoms with Crippen LogP contribution in [0.2, 0.25) is 0 Å². The average Bonchev–Trinajstić information content (AvgIpc) is 2.26. The maximum Gasteiger partial charge on any atom is 0.140 e. The molecule has 0 bridgehead atoms. The molecule has 0 fully saturated rings. The zero-order valence-electron chi connectivity index (χ0n) is 8.16. The van der Waals surface area contributed by atoms with Crippen molar-refractivity contribution in [3.8, 4) is 18.4 Å². The molecule has 15 heavy (non-hydrogen) atoms. The van der Waals surface area contributed by atoms with Crippen molar-refractivity contribution in [1.29, 1.82) is 5.26 Å². The molecule has 0 atom stereocenters. The molecule has 3 heteroatoms. The summed E-state index contributed by atoms with van der Waals surface area (Å²) in [5, 5.41) is 8.60. The number of rotatable bonds is 4. The number of halogens is 1. The van der Waals surface area contributed by atoms with Gasteiger partial charge in [-0.1, -0.05) is 6.07 Å². The Balaban J connectivity index is 2.57. The molecule has 0 saturated heterocycles. The lowest BCUT2D eigenvalue weighted by Crippen LogP contribution is -1.96. The molecule has 1 aromatic rings. The zero-order chi connectivity index (χ0) is 11.1. The summed E-state index contributed by atoms with van der Waals surface area (Å²) in [4.78, 5) is 0. The largest absolute Gasteiger partial charge is 0.376 e. The Morgan fingerprint density at radius 2 is 2.27 bits per heavy atom. The fourth-order valence-corrected chi connectivity index (χ4v) is 1.07. The van der Waals surface area contributed by atoms with Crippen LogP contribution in [-0.4, -0.2) is 6.61 Å². The summed E-state index contributed by atoms with van der Waals surface area (Å²) in [6.07, 6.45) is 5.60. The summed E-state index contributed by atoms with van der Waals surface area (Å²) >= 11 is 0. The molecule has 0 aliphatic carbocycles. The Morgan fingerprint density at radius 1 is 1.47 bits per heavy atom. The fourth-order valence-electron chi connectivity index (χ4n) is 1.07. The first-order valence-electron chi connectivity index (χ1n) is 4.47. The topological polar surface area (TPSA) is 33.0 Å². The molecule has 0 aromatic heterocycles. The Bertz CT molecular complexity index is 415. The van der Waals surface area contributed by atoms with E-state index in [2.05, 4.69) is 5.92 Å². The van der Waals surface area contributed by atoms with Gasteiger partial charge in [0.15, 0.2) is 0 Å². The van der Waals surface area contributed by atoms with E-state index in [4.69, 9.17) is 16.4 Å². The van der Waals surface area contributed by atoms with Gasteiger partial charge in [0, 0.05) is 6.42 Å². The van der Waals surface area contributed by atoms with Crippen molar-refractivity contribution in [3.05, 3.63) is 35.1 Å². The van der Waals surface area contributed by atoms with E-state index in [-0.39, 0.29) is 5.56 Å². The first kappa shape index (κ1) is 11.2. The van der Waals surface area contributed by atoms with Crippen LogP contribution in [0.25, 0.3) is 0 Å². The van der Waals surface area contributed by atoms with Gasteiger partial charge < -0.3 is 4.74 Å². The van der Waals surface area contributed by atoms with E-state index in [1.165, 1.54) is 12.1 Å². The van der Waals surface area contributed by atoms with E-state index >= 15 is 0 Å². The number of ether oxygens (including phenoxy) is 1. The van der Waals surface area contributed by atoms with Crippen LogP contribution in [0.5, 0.6) is 0 Å². The van der Waals surface area contributed by atoms with Gasteiger partial charge in [0.05, 0.1) is 18.8 Å². The molecule has 0 spiro atoms. The summed E-state index contributed by atoms with van der Waals surface area (Å²) < 4.78 is 18.1. The van der Waals surface area contributed by atoms with Gasteiger partial charge in [-0.15, -0.1) is 12.3 Å². The van der Waals surface area contributed by atoms with Crippen LogP contribution < -0.4 is 0 Å². The van der Waals surface area contributed by atoms with Crippen molar-refractivity contribution in [3.63, 3.8) is 0 Å². The third kappa shape index (κ3) is 3.42. The van der Waals surface area contributed by atoms with Gasteiger partial charge in [-0.05, 0) is 17.7 Å². The van der Waals surface area contributed by atoms with Crippen LogP contribution in [0.1, 0.15) is 17.5 Å². The molecule has 0 saturated carbocycles. The lowest BCUT2D eigenvalue weighted by atomic mass is 10.1. The highest BCUT2D eigenvalue weighted by Crippen LogP contribution is 2.10.